The van der Waals surface area contributed by atoms with Crippen LogP contribution in [-0.2, 0) is 9.53 Å². The van der Waals surface area contributed by atoms with Crippen molar-refractivity contribution >= 4 is 5.97 Å². The van der Waals surface area contributed by atoms with Gasteiger partial charge in [-0.2, -0.15) is 0 Å². The minimum absolute atomic E-state index is 0.129. The third-order valence-corrected chi connectivity index (χ3v) is 8.99. The van der Waals surface area contributed by atoms with E-state index in [2.05, 4.69) is 32.0 Å². The van der Waals surface area contributed by atoms with Crippen LogP contribution in [-0.4, -0.2) is 17.3 Å². The summed E-state index contributed by atoms with van der Waals surface area (Å²) in [4.78, 5) is 11.4. The summed E-state index contributed by atoms with van der Waals surface area (Å²) in [5, 5.41) is 9.39. The largest absolute Gasteiger partial charge is 0.463 e. The fraction of sp³-hybridized carbons (Fsp3) is 0.783. The lowest BCUT2D eigenvalue weighted by Crippen LogP contribution is -2.54. The number of carbonyl (C=O) groups is 1. The lowest BCUT2D eigenvalue weighted by atomic mass is 9.44. The number of rotatable bonds is 3. The molecule has 0 saturated heterocycles. The van der Waals surface area contributed by atoms with E-state index < -0.39 is 0 Å². The first-order valence-corrected chi connectivity index (χ1v) is 10.8. The quantitative estimate of drug-likeness (QED) is 0.540. The van der Waals surface area contributed by atoms with Gasteiger partial charge in [-0.1, -0.05) is 26.5 Å². The Labute approximate surface area is 163 Å². The zero-order valence-corrected chi connectivity index (χ0v) is 17.1. The molecule has 0 spiro atoms. The van der Waals surface area contributed by atoms with E-state index in [4.69, 9.17) is 4.74 Å². The molecule has 0 aromatic carbocycles. The summed E-state index contributed by atoms with van der Waals surface area (Å²) in [6.07, 6.45) is 11.8. The van der Waals surface area contributed by atoms with Crippen molar-refractivity contribution in [2.75, 3.05) is 0 Å². The Balaban J connectivity index is 1.53. The molecule has 0 unspecified atom stereocenters. The Kier molecular flexibility index (Phi) is 4.69. The molecule has 4 rings (SSSR count). The molecule has 27 heavy (non-hydrogen) atoms. The van der Waals surface area contributed by atoms with Gasteiger partial charge in [-0.05, 0) is 91.4 Å². The van der Waals surface area contributed by atoms with Crippen LogP contribution < -0.4 is 5.48 Å². The van der Waals surface area contributed by atoms with Gasteiger partial charge in [-0.15, -0.1) is 0 Å². The van der Waals surface area contributed by atoms with E-state index in [0.29, 0.717) is 22.9 Å². The SMILES string of the molecule is C=C(NO)C1=CC[C@H]2[C@@H]3CC[C@H]4C[C@H](OC(C)=O)CC[C@]4(C)[C@H]3CC[C@]12C. The number of hydrogen-bond acceptors (Lipinski definition) is 4. The molecule has 0 radical (unpaired) electrons. The maximum Gasteiger partial charge on any atom is 0.302 e. The van der Waals surface area contributed by atoms with Crippen molar-refractivity contribution in [1.82, 2.24) is 5.48 Å². The Morgan fingerprint density at radius 1 is 1.22 bits per heavy atom. The average Bonchev–Trinajstić information content (AvgIpc) is 2.98. The lowest BCUT2D eigenvalue weighted by Gasteiger charge is -2.60. The molecular formula is C23H35NO3. The number of ether oxygens (including phenoxy) is 1. The molecule has 7 atom stereocenters. The van der Waals surface area contributed by atoms with E-state index in [-0.39, 0.29) is 17.5 Å². The Morgan fingerprint density at radius 2 is 2.00 bits per heavy atom. The predicted molar refractivity (Wildman–Crippen MR) is 105 cm³/mol. The number of allylic oxidation sites excluding steroid dienone is 2. The molecule has 0 aliphatic heterocycles. The third kappa shape index (κ3) is 2.86. The van der Waals surface area contributed by atoms with Gasteiger partial charge in [0, 0.05) is 6.92 Å². The molecule has 3 fully saturated rings. The maximum absolute atomic E-state index is 11.4. The zero-order chi connectivity index (χ0) is 19.4. The molecule has 150 valence electrons. The molecule has 0 amide bonds. The van der Waals surface area contributed by atoms with Crippen molar-refractivity contribution in [3.63, 3.8) is 0 Å². The molecule has 4 aliphatic rings. The minimum Gasteiger partial charge on any atom is -0.463 e. The lowest BCUT2D eigenvalue weighted by molar-refractivity contribution is -0.158. The molecule has 0 bridgehead atoms. The molecule has 0 aromatic heterocycles. The maximum atomic E-state index is 11.4. The van der Waals surface area contributed by atoms with Crippen LogP contribution in [0.2, 0.25) is 0 Å². The van der Waals surface area contributed by atoms with Gasteiger partial charge in [0.05, 0.1) is 5.70 Å². The van der Waals surface area contributed by atoms with Crippen LogP contribution in [0, 0.1) is 34.5 Å². The van der Waals surface area contributed by atoms with Crippen LogP contribution in [0.15, 0.2) is 23.9 Å². The monoisotopic (exact) mass is 373 g/mol. The van der Waals surface area contributed by atoms with Crippen molar-refractivity contribution in [3.05, 3.63) is 23.9 Å². The van der Waals surface area contributed by atoms with E-state index >= 15 is 0 Å². The van der Waals surface area contributed by atoms with E-state index in [0.717, 1.165) is 31.1 Å². The van der Waals surface area contributed by atoms with Crippen LogP contribution in [0.4, 0.5) is 0 Å². The molecule has 4 nitrogen and oxygen atoms in total. The molecule has 4 heteroatoms. The standard InChI is InChI=1S/C23H35NO3/c1-14(24-26)19-7-8-20-18-6-5-16-13-17(27-15(2)25)9-11-22(16,3)21(18)10-12-23(19,20)4/h7,16-18,20-21,24,26H,1,5-6,8-13H2,2-4H3/t16-,17+,18-,20-,21-,22-,23+/m0/s1. The first kappa shape index (κ1) is 19.0. The first-order valence-electron chi connectivity index (χ1n) is 10.8. The van der Waals surface area contributed by atoms with Gasteiger partial charge in [0.2, 0.25) is 0 Å². The fourth-order valence-corrected chi connectivity index (χ4v) is 7.66. The smallest absolute Gasteiger partial charge is 0.302 e. The fourth-order valence-electron chi connectivity index (χ4n) is 7.66. The summed E-state index contributed by atoms with van der Waals surface area (Å²) in [6.45, 7) is 10.5. The van der Waals surface area contributed by atoms with E-state index in [9.17, 15) is 10.0 Å². The zero-order valence-electron chi connectivity index (χ0n) is 17.1. The highest BCUT2D eigenvalue weighted by Gasteiger charge is 2.59. The number of hydrogen-bond donors (Lipinski definition) is 2. The van der Waals surface area contributed by atoms with Gasteiger partial charge in [0.1, 0.15) is 6.10 Å². The summed E-state index contributed by atoms with van der Waals surface area (Å²) in [6, 6.07) is 0. The molecule has 3 saturated carbocycles. The van der Waals surface area contributed by atoms with Crippen LogP contribution in [0.5, 0.6) is 0 Å². The van der Waals surface area contributed by atoms with Crippen LogP contribution in [0.1, 0.15) is 72.1 Å². The molecular weight excluding hydrogens is 338 g/mol. The van der Waals surface area contributed by atoms with Gasteiger partial charge in [-0.25, -0.2) is 0 Å². The Bertz CT molecular complexity index is 671. The summed E-state index contributed by atoms with van der Waals surface area (Å²) in [5.41, 5.74) is 4.75. The average molecular weight is 374 g/mol. The third-order valence-electron chi connectivity index (χ3n) is 8.99. The van der Waals surface area contributed by atoms with Gasteiger partial charge < -0.3 is 4.74 Å². The number of hydroxylamine groups is 1. The van der Waals surface area contributed by atoms with E-state index in [1.54, 1.807) is 0 Å². The van der Waals surface area contributed by atoms with Gasteiger partial charge in [-0.3, -0.25) is 15.5 Å². The van der Waals surface area contributed by atoms with Crippen molar-refractivity contribution in [3.8, 4) is 0 Å². The number of esters is 1. The number of carbonyl (C=O) groups excluding carboxylic acids is 1. The van der Waals surface area contributed by atoms with Gasteiger partial charge >= 0.3 is 5.97 Å². The summed E-state index contributed by atoms with van der Waals surface area (Å²) >= 11 is 0. The summed E-state index contributed by atoms with van der Waals surface area (Å²) in [5.74, 6) is 2.75. The van der Waals surface area contributed by atoms with Gasteiger partial charge in [0.25, 0.3) is 0 Å². The second-order valence-corrected chi connectivity index (χ2v) is 10.1. The van der Waals surface area contributed by atoms with E-state index in [1.807, 2.05) is 0 Å². The predicted octanol–water partition coefficient (Wildman–Crippen LogP) is 4.99. The second-order valence-electron chi connectivity index (χ2n) is 10.1. The highest BCUT2D eigenvalue weighted by molar-refractivity contribution is 5.66. The van der Waals surface area contributed by atoms with Crippen molar-refractivity contribution < 1.29 is 14.7 Å². The molecule has 0 heterocycles. The van der Waals surface area contributed by atoms with Crippen LogP contribution >= 0.6 is 0 Å². The highest BCUT2D eigenvalue weighted by atomic mass is 16.5. The molecule has 4 aliphatic carbocycles. The van der Waals surface area contributed by atoms with Crippen LogP contribution in [0.3, 0.4) is 0 Å². The van der Waals surface area contributed by atoms with Crippen molar-refractivity contribution in [2.45, 2.75) is 78.2 Å². The van der Waals surface area contributed by atoms with Gasteiger partial charge in [0.15, 0.2) is 0 Å². The summed E-state index contributed by atoms with van der Waals surface area (Å²) < 4.78 is 5.57. The van der Waals surface area contributed by atoms with Crippen molar-refractivity contribution in [2.24, 2.45) is 34.5 Å². The minimum atomic E-state index is -0.131. The Hall–Kier alpha value is -1.29. The van der Waals surface area contributed by atoms with Crippen LogP contribution in [0.25, 0.3) is 0 Å². The second kappa shape index (κ2) is 6.65. The molecule has 0 aromatic rings. The number of fused-ring (bicyclic) bond motifs is 5. The van der Waals surface area contributed by atoms with Crippen molar-refractivity contribution in [1.29, 1.82) is 0 Å². The molecule has 2 N–H and O–H groups in total. The Morgan fingerprint density at radius 3 is 2.70 bits per heavy atom. The van der Waals surface area contributed by atoms with E-state index in [1.165, 1.54) is 44.6 Å². The topological polar surface area (TPSA) is 58.6 Å². The summed E-state index contributed by atoms with van der Waals surface area (Å²) in [7, 11) is 0. The normalized spacial score (nSPS) is 45.8. The highest BCUT2D eigenvalue weighted by Crippen LogP contribution is 2.66. The first-order chi connectivity index (χ1) is 12.8. The number of nitrogens with one attached hydrogen (secondary N) is 1.